The Hall–Kier alpha value is -0.0800. The van der Waals surface area contributed by atoms with Crippen molar-refractivity contribution in [3.63, 3.8) is 0 Å². The molecule has 74 valence electrons. The highest BCUT2D eigenvalue weighted by Crippen LogP contribution is 2.13. The smallest absolute Gasteiger partial charge is 0.0122 e. The highest BCUT2D eigenvalue weighted by atomic mass is 15.2. The summed E-state index contributed by atoms with van der Waals surface area (Å²) < 4.78 is 0. The van der Waals surface area contributed by atoms with Crippen molar-refractivity contribution < 1.29 is 0 Å². The first-order valence-electron chi connectivity index (χ1n) is 4.83. The summed E-state index contributed by atoms with van der Waals surface area (Å²) in [6.07, 6.45) is 1.18. The number of rotatable bonds is 4. The zero-order chi connectivity index (χ0) is 9.78. The Kier molecular flexibility index (Phi) is 4.80. The zero-order valence-electron chi connectivity index (χ0n) is 9.22. The molecule has 0 aliphatic carbocycles. The lowest BCUT2D eigenvalue weighted by Crippen LogP contribution is -2.42. The second kappa shape index (κ2) is 4.83. The molecule has 0 fully saturated rings. The predicted octanol–water partition coefficient (Wildman–Crippen LogP) is 1.70. The molecule has 2 N–H and O–H groups in total. The summed E-state index contributed by atoms with van der Waals surface area (Å²) in [6.45, 7) is 10.8. The molecule has 12 heavy (non-hydrogen) atoms. The van der Waals surface area contributed by atoms with Crippen molar-refractivity contribution in [2.75, 3.05) is 20.1 Å². The van der Waals surface area contributed by atoms with Gasteiger partial charge in [-0.1, -0.05) is 13.3 Å². The molecule has 0 rings (SSSR count). The lowest BCUT2D eigenvalue weighted by molar-refractivity contribution is 0.149. The Balaban J connectivity index is 3.90. The van der Waals surface area contributed by atoms with Crippen LogP contribution >= 0.6 is 0 Å². The van der Waals surface area contributed by atoms with Crippen LogP contribution in [0.15, 0.2) is 0 Å². The molecule has 2 nitrogen and oxygen atoms in total. The average molecular weight is 172 g/mol. The highest BCUT2D eigenvalue weighted by Gasteiger charge is 2.19. The van der Waals surface area contributed by atoms with Crippen LogP contribution in [0.3, 0.4) is 0 Å². The molecular weight excluding hydrogens is 148 g/mol. The van der Waals surface area contributed by atoms with Gasteiger partial charge < -0.3 is 10.6 Å². The minimum absolute atomic E-state index is 0.266. The first kappa shape index (κ1) is 11.9. The zero-order valence-corrected chi connectivity index (χ0v) is 9.22. The van der Waals surface area contributed by atoms with Gasteiger partial charge in [-0.25, -0.2) is 0 Å². The number of hydrogen-bond acceptors (Lipinski definition) is 2. The van der Waals surface area contributed by atoms with E-state index in [1.54, 1.807) is 0 Å². The standard InChI is InChI=1S/C10H24N2/c1-6-9(7-11)8-12(5)10(2,3)4/h9H,6-8,11H2,1-5H3. The van der Waals surface area contributed by atoms with E-state index in [2.05, 4.69) is 39.6 Å². The third-order valence-corrected chi connectivity index (χ3v) is 2.59. The van der Waals surface area contributed by atoms with E-state index in [1.807, 2.05) is 0 Å². The second-order valence-electron chi connectivity index (χ2n) is 4.56. The molecule has 0 aliphatic rings. The molecule has 0 aliphatic heterocycles. The van der Waals surface area contributed by atoms with Crippen molar-refractivity contribution in [2.24, 2.45) is 11.7 Å². The van der Waals surface area contributed by atoms with E-state index in [-0.39, 0.29) is 5.54 Å². The summed E-state index contributed by atoms with van der Waals surface area (Å²) in [7, 11) is 2.16. The molecule has 0 saturated heterocycles. The molecule has 0 amide bonds. The van der Waals surface area contributed by atoms with E-state index >= 15 is 0 Å². The summed E-state index contributed by atoms with van der Waals surface area (Å²) in [6, 6.07) is 0. The van der Waals surface area contributed by atoms with E-state index in [1.165, 1.54) is 6.42 Å². The Morgan fingerprint density at radius 3 is 2.08 bits per heavy atom. The topological polar surface area (TPSA) is 29.3 Å². The maximum atomic E-state index is 5.65. The van der Waals surface area contributed by atoms with E-state index in [9.17, 15) is 0 Å². The van der Waals surface area contributed by atoms with Crippen LogP contribution in [0.2, 0.25) is 0 Å². The van der Waals surface area contributed by atoms with Crippen LogP contribution in [0.1, 0.15) is 34.1 Å². The third-order valence-electron chi connectivity index (χ3n) is 2.59. The maximum Gasteiger partial charge on any atom is 0.0122 e. The Bertz CT molecular complexity index is 111. The molecule has 0 heterocycles. The first-order chi connectivity index (χ1) is 5.41. The van der Waals surface area contributed by atoms with Crippen molar-refractivity contribution in [1.29, 1.82) is 0 Å². The van der Waals surface area contributed by atoms with Gasteiger partial charge in [-0.15, -0.1) is 0 Å². The minimum Gasteiger partial charge on any atom is -0.330 e. The van der Waals surface area contributed by atoms with Crippen LogP contribution in [-0.4, -0.2) is 30.6 Å². The van der Waals surface area contributed by atoms with Crippen LogP contribution in [0.25, 0.3) is 0 Å². The normalized spacial score (nSPS) is 15.2. The minimum atomic E-state index is 0.266. The number of nitrogens with two attached hydrogens (primary N) is 1. The predicted molar refractivity (Wildman–Crippen MR) is 55.2 cm³/mol. The highest BCUT2D eigenvalue weighted by molar-refractivity contribution is 4.75. The van der Waals surface area contributed by atoms with Crippen molar-refractivity contribution in [3.05, 3.63) is 0 Å². The van der Waals surface area contributed by atoms with E-state index in [4.69, 9.17) is 5.73 Å². The molecule has 1 atom stereocenters. The summed E-state index contributed by atoms with van der Waals surface area (Å²) in [5.74, 6) is 0.647. The molecule has 2 heteroatoms. The van der Waals surface area contributed by atoms with Crippen molar-refractivity contribution in [2.45, 2.75) is 39.7 Å². The van der Waals surface area contributed by atoms with Crippen LogP contribution in [0, 0.1) is 5.92 Å². The SMILES string of the molecule is CCC(CN)CN(C)C(C)(C)C. The van der Waals surface area contributed by atoms with Gasteiger partial charge in [0.1, 0.15) is 0 Å². The van der Waals surface area contributed by atoms with Gasteiger partial charge in [-0.2, -0.15) is 0 Å². The Morgan fingerprint density at radius 2 is 1.83 bits per heavy atom. The van der Waals surface area contributed by atoms with Gasteiger partial charge in [0.15, 0.2) is 0 Å². The summed E-state index contributed by atoms with van der Waals surface area (Å²) >= 11 is 0. The Labute approximate surface area is 77.1 Å². The Morgan fingerprint density at radius 1 is 1.33 bits per heavy atom. The summed E-state index contributed by atoms with van der Waals surface area (Å²) in [5, 5.41) is 0. The fourth-order valence-corrected chi connectivity index (χ4v) is 1.03. The fourth-order valence-electron chi connectivity index (χ4n) is 1.03. The first-order valence-corrected chi connectivity index (χ1v) is 4.83. The van der Waals surface area contributed by atoms with Crippen molar-refractivity contribution in [1.82, 2.24) is 4.90 Å². The van der Waals surface area contributed by atoms with E-state index in [0.717, 1.165) is 13.1 Å². The number of hydrogen-bond donors (Lipinski definition) is 1. The van der Waals surface area contributed by atoms with Gasteiger partial charge >= 0.3 is 0 Å². The van der Waals surface area contributed by atoms with Gasteiger partial charge in [0, 0.05) is 12.1 Å². The van der Waals surface area contributed by atoms with Crippen molar-refractivity contribution >= 4 is 0 Å². The molecule has 0 saturated carbocycles. The van der Waals surface area contributed by atoms with Crippen LogP contribution in [0.5, 0.6) is 0 Å². The van der Waals surface area contributed by atoms with Gasteiger partial charge in [0.2, 0.25) is 0 Å². The molecule has 0 bridgehead atoms. The lowest BCUT2D eigenvalue weighted by Gasteiger charge is -2.34. The molecule has 0 aromatic rings. The largest absolute Gasteiger partial charge is 0.330 e. The van der Waals surface area contributed by atoms with Gasteiger partial charge in [-0.05, 0) is 40.3 Å². The van der Waals surface area contributed by atoms with Crippen LogP contribution in [-0.2, 0) is 0 Å². The molecule has 0 radical (unpaired) electrons. The van der Waals surface area contributed by atoms with Gasteiger partial charge in [0.05, 0.1) is 0 Å². The molecule has 0 spiro atoms. The van der Waals surface area contributed by atoms with Crippen LogP contribution < -0.4 is 5.73 Å². The monoisotopic (exact) mass is 172 g/mol. The molecular formula is C10H24N2. The van der Waals surface area contributed by atoms with Crippen LogP contribution in [0.4, 0.5) is 0 Å². The van der Waals surface area contributed by atoms with Crippen molar-refractivity contribution in [3.8, 4) is 0 Å². The molecule has 0 aromatic carbocycles. The van der Waals surface area contributed by atoms with Gasteiger partial charge in [-0.3, -0.25) is 0 Å². The van der Waals surface area contributed by atoms with E-state index < -0.39 is 0 Å². The third kappa shape index (κ3) is 4.07. The maximum absolute atomic E-state index is 5.65. The fraction of sp³-hybridized carbons (Fsp3) is 1.00. The average Bonchev–Trinajstić information content (AvgIpc) is 1.97. The quantitative estimate of drug-likeness (QED) is 0.699. The molecule has 1 unspecified atom stereocenters. The summed E-state index contributed by atoms with van der Waals surface area (Å²) in [4.78, 5) is 2.37. The molecule has 0 aromatic heterocycles. The van der Waals surface area contributed by atoms with E-state index in [0.29, 0.717) is 5.92 Å². The number of nitrogens with zero attached hydrogens (tertiary/aromatic N) is 1. The summed E-state index contributed by atoms with van der Waals surface area (Å²) in [5.41, 5.74) is 5.91. The second-order valence-corrected chi connectivity index (χ2v) is 4.56. The van der Waals surface area contributed by atoms with Gasteiger partial charge in [0.25, 0.3) is 0 Å². The lowest BCUT2D eigenvalue weighted by atomic mass is 10.0.